The second kappa shape index (κ2) is 4.96. The van der Waals surface area contributed by atoms with E-state index in [9.17, 15) is 14.4 Å². The predicted molar refractivity (Wildman–Crippen MR) is 64.7 cm³/mol. The molecule has 0 aromatic carbocycles. The fourth-order valence-electron chi connectivity index (χ4n) is 2.57. The van der Waals surface area contributed by atoms with Gasteiger partial charge < -0.3 is 10.2 Å². The summed E-state index contributed by atoms with van der Waals surface area (Å²) >= 11 is 0. The lowest BCUT2D eigenvalue weighted by molar-refractivity contribution is -0.136. The molecule has 0 radical (unpaired) electrons. The number of carbonyl (C=O) groups is 3. The Labute approximate surface area is 106 Å². The average molecular weight is 253 g/mol. The molecule has 4 amide bonds. The van der Waals surface area contributed by atoms with Gasteiger partial charge in [-0.1, -0.05) is 13.3 Å². The zero-order valence-electron chi connectivity index (χ0n) is 10.6. The second-order valence-electron chi connectivity index (χ2n) is 5.01. The fraction of sp³-hybridized carbons (Fsp3) is 0.750. The van der Waals surface area contributed by atoms with Gasteiger partial charge >= 0.3 is 6.03 Å². The minimum absolute atomic E-state index is 0.0740. The van der Waals surface area contributed by atoms with E-state index < -0.39 is 11.6 Å². The van der Waals surface area contributed by atoms with E-state index in [4.69, 9.17) is 0 Å². The number of urea groups is 1. The van der Waals surface area contributed by atoms with Gasteiger partial charge in [-0.05, 0) is 19.3 Å². The molecule has 100 valence electrons. The third kappa shape index (κ3) is 2.32. The predicted octanol–water partition coefficient (Wildman–Crippen LogP) is 0.377. The highest BCUT2D eigenvalue weighted by Crippen LogP contribution is 2.25. The van der Waals surface area contributed by atoms with Crippen LogP contribution in [0.2, 0.25) is 0 Å². The van der Waals surface area contributed by atoms with Crippen LogP contribution in [0.1, 0.15) is 39.0 Å². The lowest BCUT2D eigenvalue weighted by atomic mass is 9.89. The van der Waals surface area contributed by atoms with Crippen LogP contribution in [-0.4, -0.2) is 41.4 Å². The molecule has 2 aliphatic heterocycles. The molecule has 0 aromatic rings. The molecule has 2 fully saturated rings. The van der Waals surface area contributed by atoms with Crippen molar-refractivity contribution in [2.75, 3.05) is 13.1 Å². The summed E-state index contributed by atoms with van der Waals surface area (Å²) in [7, 11) is 0. The Kier molecular flexibility index (Phi) is 3.54. The van der Waals surface area contributed by atoms with Crippen LogP contribution >= 0.6 is 0 Å². The Morgan fingerprint density at radius 3 is 2.83 bits per heavy atom. The first kappa shape index (κ1) is 12.9. The highest BCUT2D eigenvalue weighted by molar-refractivity contribution is 6.07. The van der Waals surface area contributed by atoms with Crippen molar-refractivity contribution < 1.29 is 14.4 Å². The van der Waals surface area contributed by atoms with E-state index in [1.165, 1.54) is 0 Å². The maximum Gasteiger partial charge on any atom is 0.322 e. The van der Waals surface area contributed by atoms with Gasteiger partial charge in [0.05, 0.1) is 6.54 Å². The van der Waals surface area contributed by atoms with Crippen molar-refractivity contribution in [1.82, 2.24) is 15.5 Å². The van der Waals surface area contributed by atoms with Gasteiger partial charge in [0.15, 0.2) is 0 Å². The summed E-state index contributed by atoms with van der Waals surface area (Å²) < 4.78 is 0. The minimum Gasteiger partial charge on any atom is -0.340 e. The molecule has 18 heavy (non-hydrogen) atoms. The van der Waals surface area contributed by atoms with Gasteiger partial charge in [0.25, 0.3) is 5.91 Å². The Bertz CT molecular complexity index is 383. The van der Waals surface area contributed by atoms with E-state index in [0.717, 1.165) is 19.3 Å². The number of nitrogens with one attached hydrogen (secondary N) is 2. The van der Waals surface area contributed by atoms with Crippen LogP contribution < -0.4 is 10.6 Å². The Balaban J connectivity index is 2.02. The lowest BCUT2D eigenvalue weighted by Gasteiger charge is -2.38. The van der Waals surface area contributed by atoms with Crippen molar-refractivity contribution in [2.45, 2.75) is 44.6 Å². The highest BCUT2D eigenvalue weighted by atomic mass is 16.2. The van der Waals surface area contributed by atoms with Crippen LogP contribution in [0.15, 0.2) is 0 Å². The number of nitrogens with zero attached hydrogens (tertiary/aromatic N) is 1. The lowest BCUT2D eigenvalue weighted by Crippen LogP contribution is -2.59. The summed E-state index contributed by atoms with van der Waals surface area (Å²) in [5.41, 5.74) is -0.892. The Morgan fingerprint density at radius 2 is 2.22 bits per heavy atom. The number of hydrogen-bond acceptors (Lipinski definition) is 3. The summed E-state index contributed by atoms with van der Waals surface area (Å²) in [5.74, 6) is -0.231. The minimum atomic E-state index is -0.892. The van der Waals surface area contributed by atoms with E-state index in [0.29, 0.717) is 25.9 Å². The molecule has 0 aromatic heterocycles. The molecule has 2 heterocycles. The third-order valence-electron chi connectivity index (χ3n) is 3.60. The molecule has 0 saturated carbocycles. The molecule has 2 N–H and O–H groups in total. The third-order valence-corrected chi connectivity index (χ3v) is 3.60. The summed E-state index contributed by atoms with van der Waals surface area (Å²) in [6.45, 7) is 3.01. The van der Waals surface area contributed by atoms with E-state index in [2.05, 4.69) is 10.6 Å². The number of rotatable bonds is 3. The average Bonchev–Trinajstić information content (AvgIpc) is 2.61. The van der Waals surface area contributed by atoms with Gasteiger partial charge in [-0.15, -0.1) is 0 Å². The number of amides is 4. The molecule has 1 spiro atoms. The van der Waals surface area contributed by atoms with E-state index in [-0.39, 0.29) is 11.8 Å². The van der Waals surface area contributed by atoms with Gasteiger partial charge in [0, 0.05) is 13.0 Å². The second-order valence-corrected chi connectivity index (χ2v) is 5.01. The van der Waals surface area contributed by atoms with Crippen molar-refractivity contribution in [3.63, 3.8) is 0 Å². The maximum absolute atomic E-state index is 12.0. The molecule has 6 heteroatoms. The fourth-order valence-corrected chi connectivity index (χ4v) is 2.57. The molecule has 6 nitrogen and oxygen atoms in total. The number of likely N-dealkylation sites (tertiary alicyclic amines) is 1. The maximum atomic E-state index is 12.0. The molecule has 1 unspecified atom stereocenters. The number of unbranched alkanes of at least 4 members (excludes halogenated alkanes) is 1. The zero-order chi connectivity index (χ0) is 13.2. The molecular weight excluding hydrogens is 234 g/mol. The highest BCUT2D eigenvalue weighted by Gasteiger charge is 2.49. The molecule has 1 atom stereocenters. The van der Waals surface area contributed by atoms with Crippen LogP contribution in [0.4, 0.5) is 4.79 Å². The Hall–Kier alpha value is -1.59. The molecule has 0 bridgehead atoms. The van der Waals surface area contributed by atoms with Gasteiger partial charge in [-0.3, -0.25) is 14.9 Å². The molecule has 2 aliphatic rings. The van der Waals surface area contributed by atoms with E-state index in [1.807, 2.05) is 6.92 Å². The number of piperidine rings is 1. The van der Waals surface area contributed by atoms with Crippen LogP contribution in [0, 0.1) is 0 Å². The van der Waals surface area contributed by atoms with Gasteiger partial charge in [0.2, 0.25) is 5.91 Å². The Morgan fingerprint density at radius 1 is 1.44 bits per heavy atom. The number of imide groups is 1. The van der Waals surface area contributed by atoms with E-state index in [1.54, 1.807) is 4.90 Å². The summed E-state index contributed by atoms with van der Waals surface area (Å²) in [6, 6.07) is -0.456. The van der Waals surface area contributed by atoms with Gasteiger partial charge in [-0.25, -0.2) is 4.79 Å². The summed E-state index contributed by atoms with van der Waals surface area (Å²) in [5, 5.41) is 4.92. The molecular formula is C12H19N3O3. The SMILES string of the molecule is CCCCC(=O)N1CCCC2(C1)NC(=O)NC2=O. The summed E-state index contributed by atoms with van der Waals surface area (Å²) in [6.07, 6.45) is 3.69. The van der Waals surface area contributed by atoms with Gasteiger partial charge in [-0.2, -0.15) is 0 Å². The molecule has 0 aliphatic carbocycles. The quantitative estimate of drug-likeness (QED) is 0.714. The largest absolute Gasteiger partial charge is 0.340 e. The van der Waals surface area contributed by atoms with Crippen LogP contribution in [0.5, 0.6) is 0 Å². The van der Waals surface area contributed by atoms with Crippen LogP contribution in [0.3, 0.4) is 0 Å². The van der Waals surface area contributed by atoms with Crippen molar-refractivity contribution in [3.8, 4) is 0 Å². The zero-order valence-corrected chi connectivity index (χ0v) is 10.6. The van der Waals surface area contributed by atoms with Crippen molar-refractivity contribution in [2.24, 2.45) is 0 Å². The monoisotopic (exact) mass is 253 g/mol. The van der Waals surface area contributed by atoms with Crippen molar-refractivity contribution in [3.05, 3.63) is 0 Å². The van der Waals surface area contributed by atoms with Gasteiger partial charge in [0.1, 0.15) is 5.54 Å². The molecule has 2 saturated heterocycles. The first-order valence-corrected chi connectivity index (χ1v) is 6.49. The first-order valence-electron chi connectivity index (χ1n) is 6.49. The molecule has 2 rings (SSSR count). The van der Waals surface area contributed by atoms with Crippen LogP contribution in [0.25, 0.3) is 0 Å². The standard InChI is InChI=1S/C12H19N3O3/c1-2-3-5-9(16)15-7-4-6-12(8-15)10(17)13-11(18)14-12/h2-8H2,1H3,(H2,13,14,17,18). The van der Waals surface area contributed by atoms with Crippen molar-refractivity contribution >= 4 is 17.8 Å². The van der Waals surface area contributed by atoms with Crippen molar-refractivity contribution in [1.29, 1.82) is 0 Å². The van der Waals surface area contributed by atoms with E-state index >= 15 is 0 Å². The summed E-state index contributed by atoms with van der Waals surface area (Å²) in [4.78, 5) is 36.7. The number of carbonyl (C=O) groups excluding carboxylic acids is 3. The number of hydrogen-bond donors (Lipinski definition) is 2. The smallest absolute Gasteiger partial charge is 0.322 e. The normalized spacial score (nSPS) is 27.3. The van der Waals surface area contributed by atoms with Crippen LogP contribution in [-0.2, 0) is 9.59 Å². The topological polar surface area (TPSA) is 78.5 Å². The first-order chi connectivity index (χ1) is 8.57.